The first-order valence-corrected chi connectivity index (χ1v) is 12.1. The summed E-state index contributed by atoms with van der Waals surface area (Å²) in [4.78, 5) is 63.9. The molecule has 0 spiro atoms. The molecule has 40 heavy (non-hydrogen) atoms. The van der Waals surface area contributed by atoms with E-state index in [4.69, 9.17) is 14.6 Å². The molecule has 4 atom stereocenters. The van der Waals surface area contributed by atoms with Crippen molar-refractivity contribution in [3.8, 4) is 0 Å². The second kappa shape index (κ2) is 11.9. The third-order valence-corrected chi connectivity index (χ3v) is 6.93. The lowest BCUT2D eigenvalue weighted by molar-refractivity contribution is -0.192. The highest BCUT2D eigenvalue weighted by molar-refractivity contribution is 6.09. The van der Waals surface area contributed by atoms with Crippen molar-refractivity contribution in [3.05, 3.63) is 71.8 Å². The third kappa shape index (κ3) is 5.98. The molecule has 2 fully saturated rings. The number of carbonyl (C=O) groups excluding carboxylic acids is 4. The number of imide groups is 1. The fourth-order valence-corrected chi connectivity index (χ4v) is 5.13. The maximum atomic E-state index is 13.2. The Kier molecular flexibility index (Phi) is 8.98. The topological polar surface area (TPSA) is 133 Å². The number of alkyl halides is 3. The molecular weight excluding hydrogens is 535 g/mol. The van der Waals surface area contributed by atoms with E-state index in [0.29, 0.717) is 5.56 Å². The van der Waals surface area contributed by atoms with Gasteiger partial charge in [0.05, 0.1) is 18.9 Å². The van der Waals surface area contributed by atoms with Crippen LogP contribution in [0.25, 0.3) is 0 Å². The molecule has 2 aliphatic rings. The van der Waals surface area contributed by atoms with Gasteiger partial charge in [0.15, 0.2) is 0 Å². The summed E-state index contributed by atoms with van der Waals surface area (Å²) in [7, 11) is 4.35. The molecular formula is C27H28F3N3O7. The van der Waals surface area contributed by atoms with Crippen LogP contribution in [0, 0.1) is 11.8 Å². The molecule has 2 saturated heterocycles. The van der Waals surface area contributed by atoms with Crippen molar-refractivity contribution < 1.29 is 47.0 Å². The van der Waals surface area contributed by atoms with Crippen molar-refractivity contribution in [1.29, 1.82) is 0 Å². The van der Waals surface area contributed by atoms with E-state index in [1.165, 1.54) is 19.1 Å². The smallest absolute Gasteiger partial charge is 0.475 e. The van der Waals surface area contributed by atoms with Crippen molar-refractivity contribution >= 4 is 29.7 Å². The van der Waals surface area contributed by atoms with Gasteiger partial charge in [0.1, 0.15) is 5.54 Å². The molecule has 13 heteroatoms. The number of nitrogens with zero attached hydrogens (tertiary/aromatic N) is 2. The van der Waals surface area contributed by atoms with Crippen LogP contribution in [0.4, 0.5) is 13.2 Å². The molecule has 0 aromatic heterocycles. The summed E-state index contributed by atoms with van der Waals surface area (Å²) in [6, 6.07) is 17.5. The van der Waals surface area contributed by atoms with Crippen LogP contribution in [0.5, 0.6) is 0 Å². The number of esters is 1. The first-order valence-electron chi connectivity index (χ1n) is 12.1. The minimum atomic E-state index is -5.08. The summed E-state index contributed by atoms with van der Waals surface area (Å²) in [6.07, 6.45) is -4.90. The van der Waals surface area contributed by atoms with Gasteiger partial charge in [-0.1, -0.05) is 48.5 Å². The number of aliphatic carboxylic acids is 1. The average molecular weight is 564 g/mol. The Hall–Kier alpha value is -4.26. The van der Waals surface area contributed by atoms with Crippen LogP contribution in [-0.2, 0) is 30.3 Å². The highest BCUT2D eigenvalue weighted by Crippen LogP contribution is 2.45. The lowest BCUT2D eigenvalue weighted by atomic mass is 9.76. The second-order valence-corrected chi connectivity index (χ2v) is 9.47. The van der Waals surface area contributed by atoms with Crippen LogP contribution in [0.3, 0.4) is 0 Å². The molecule has 0 bridgehead atoms. The maximum Gasteiger partial charge on any atom is 0.490 e. The number of fused-ring (bicyclic) bond motifs is 1. The summed E-state index contributed by atoms with van der Waals surface area (Å²) in [5.41, 5.74) is -0.0677. The Bertz CT molecular complexity index is 1270. The standard InChI is InChI=1S/C25H27N3O5.C2HF3O2/c1-27(21(29)17-12-8-5-9-13-17)15-18-19-20(23(31)28(2)22(19)30)25(26-18,24(32)33-3)14-16-10-6-4-7-11-16;3-2(4,5)1(6)7/h4-13,18-20,26H,14-15H2,1-3H3;(H,6,7)/t18-,19+,20-,25-;/m1./s1. The van der Waals surface area contributed by atoms with Crippen LogP contribution in [0.1, 0.15) is 15.9 Å². The van der Waals surface area contributed by atoms with Gasteiger partial charge < -0.3 is 14.7 Å². The predicted molar refractivity (Wildman–Crippen MR) is 134 cm³/mol. The zero-order valence-corrected chi connectivity index (χ0v) is 21.8. The summed E-state index contributed by atoms with van der Waals surface area (Å²) < 4.78 is 36.9. The molecule has 2 aromatic rings. The number of carbonyl (C=O) groups is 5. The zero-order valence-electron chi connectivity index (χ0n) is 21.8. The van der Waals surface area contributed by atoms with Crippen molar-refractivity contribution in [2.45, 2.75) is 24.2 Å². The largest absolute Gasteiger partial charge is 0.490 e. The molecule has 0 aliphatic carbocycles. The van der Waals surface area contributed by atoms with Gasteiger partial charge in [-0.2, -0.15) is 13.2 Å². The Balaban J connectivity index is 0.000000559. The van der Waals surface area contributed by atoms with Gasteiger partial charge in [-0.15, -0.1) is 0 Å². The minimum absolute atomic E-state index is 0.148. The quantitative estimate of drug-likeness (QED) is 0.401. The highest BCUT2D eigenvalue weighted by Gasteiger charge is 2.68. The number of rotatable bonds is 6. The SMILES string of the molecule is COC(=O)[C@]1(Cc2ccccc2)N[C@H](CN(C)C(=O)c2ccccc2)[C@@H]2C(=O)N(C)C(=O)[C@@H]21.O=C(O)C(F)(F)F. The number of halogens is 3. The van der Waals surface area contributed by atoms with Crippen molar-refractivity contribution in [3.63, 3.8) is 0 Å². The number of benzene rings is 2. The van der Waals surface area contributed by atoms with E-state index < -0.39 is 47.4 Å². The van der Waals surface area contributed by atoms with E-state index in [9.17, 15) is 32.3 Å². The Morgan fingerprint density at radius 1 is 1.02 bits per heavy atom. The summed E-state index contributed by atoms with van der Waals surface area (Å²) >= 11 is 0. The van der Waals surface area contributed by atoms with Crippen LogP contribution in [0.2, 0.25) is 0 Å². The molecule has 2 aromatic carbocycles. The molecule has 0 unspecified atom stereocenters. The molecule has 0 saturated carbocycles. The van der Waals surface area contributed by atoms with Crippen LogP contribution < -0.4 is 5.32 Å². The van der Waals surface area contributed by atoms with Crippen LogP contribution in [0.15, 0.2) is 60.7 Å². The number of amides is 3. The van der Waals surface area contributed by atoms with Crippen molar-refractivity contribution in [2.75, 3.05) is 27.7 Å². The molecule has 3 amide bonds. The van der Waals surface area contributed by atoms with E-state index >= 15 is 0 Å². The fourth-order valence-electron chi connectivity index (χ4n) is 5.13. The van der Waals surface area contributed by atoms with Gasteiger partial charge in [0.2, 0.25) is 11.8 Å². The Labute approximate surface area is 227 Å². The van der Waals surface area contributed by atoms with Crippen molar-refractivity contribution in [1.82, 2.24) is 15.1 Å². The van der Waals surface area contributed by atoms with Crippen molar-refractivity contribution in [2.24, 2.45) is 11.8 Å². The van der Waals surface area contributed by atoms with Gasteiger partial charge in [0, 0.05) is 38.7 Å². The lowest BCUT2D eigenvalue weighted by Gasteiger charge is -2.32. The third-order valence-electron chi connectivity index (χ3n) is 6.93. The van der Waals surface area contributed by atoms with E-state index in [0.717, 1.165) is 10.5 Å². The van der Waals surface area contributed by atoms with Gasteiger partial charge in [-0.3, -0.25) is 29.4 Å². The monoisotopic (exact) mass is 563 g/mol. The number of carboxylic acid groups (broad SMARTS) is 1. The molecule has 214 valence electrons. The normalized spacial score (nSPS) is 23.6. The van der Waals surface area contributed by atoms with Gasteiger partial charge in [0.25, 0.3) is 5.91 Å². The fraction of sp³-hybridized carbons (Fsp3) is 0.370. The number of ether oxygens (including phenoxy) is 1. The first-order chi connectivity index (χ1) is 18.7. The number of likely N-dealkylation sites (N-methyl/N-ethyl adjacent to an activating group) is 1. The summed E-state index contributed by atoms with van der Waals surface area (Å²) in [5.74, 6) is -6.05. The Morgan fingerprint density at radius 3 is 2.05 bits per heavy atom. The number of nitrogens with one attached hydrogen (secondary N) is 1. The molecule has 2 aliphatic heterocycles. The van der Waals surface area contributed by atoms with Crippen LogP contribution in [-0.4, -0.2) is 90.1 Å². The molecule has 2 N–H and O–H groups in total. The molecule has 10 nitrogen and oxygen atoms in total. The maximum absolute atomic E-state index is 13.2. The lowest BCUT2D eigenvalue weighted by Crippen LogP contribution is -2.59. The van der Waals surface area contributed by atoms with E-state index in [1.807, 2.05) is 36.4 Å². The number of hydrogen-bond acceptors (Lipinski definition) is 7. The number of carboxylic acids is 1. The van der Waals surface area contributed by atoms with Gasteiger partial charge in [-0.05, 0) is 17.7 Å². The number of likely N-dealkylation sites (tertiary alicyclic amines) is 1. The number of methoxy groups -OCH3 is 1. The molecule has 0 radical (unpaired) electrons. The minimum Gasteiger partial charge on any atom is -0.475 e. The van der Waals surface area contributed by atoms with E-state index in [2.05, 4.69) is 5.32 Å². The zero-order chi connectivity index (χ0) is 29.8. The summed E-state index contributed by atoms with van der Waals surface area (Å²) in [5, 5.41) is 10.4. The van der Waals surface area contributed by atoms with Gasteiger partial charge in [-0.25, -0.2) is 4.79 Å². The second-order valence-electron chi connectivity index (χ2n) is 9.47. The van der Waals surface area contributed by atoms with Crippen LogP contribution >= 0.6 is 0 Å². The van der Waals surface area contributed by atoms with Gasteiger partial charge >= 0.3 is 18.1 Å². The predicted octanol–water partition coefficient (Wildman–Crippen LogP) is 1.75. The molecule has 4 rings (SSSR count). The first kappa shape index (κ1) is 30.3. The van der Waals surface area contributed by atoms with E-state index in [-0.39, 0.29) is 24.8 Å². The average Bonchev–Trinajstić information content (AvgIpc) is 3.37. The number of hydrogen-bond donors (Lipinski definition) is 2. The summed E-state index contributed by atoms with van der Waals surface area (Å²) in [6.45, 7) is 0.148. The highest BCUT2D eigenvalue weighted by atomic mass is 19.4. The Morgan fingerprint density at radius 2 is 1.55 bits per heavy atom. The molecule has 2 heterocycles. The van der Waals surface area contributed by atoms with E-state index in [1.54, 1.807) is 31.3 Å².